The molecule has 0 aliphatic heterocycles. The number of hydrogen-bond donors (Lipinski definition) is 2. The van der Waals surface area contributed by atoms with Crippen molar-refractivity contribution >= 4 is 5.91 Å². The highest BCUT2D eigenvalue weighted by molar-refractivity contribution is 5.75. The van der Waals surface area contributed by atoms with Crippen molar-refractivity contribution in [1.82, 2.24) is 10.6 Å². The number of benzene rings is 1. The topological polar surface area (TPSA) is 41.1 Å². The van der Waals surface area contributed by atoms with Gasteiger partial charge in [-0.25, -0.2) is 4.39 Å². The summed E-state index contributed by atoms with van der Waals surface area (Å²) in [4.78, 5) is 11.0. The van der Waals surface area contributed by atoms with Gasteiger partial charge in [-0.15, -0.1) is 0 Å². The van der Waals surface area contributed by atoms with Crippen molar-refractivity contribution in [3.05, 3.63) is 35.6 Å². The minimum Gasteiger partial charge on any atom is -0.359 e. The second kappa shape index (κ2) is 7.82. The first-order chi connectivity index (χ1) is 8.61. The molecule has 18 heavy (non-hydrogen) atoms. The third-order valence-electron chi connectivity index (χ3n) is 2.81. The van der Waals surface area contributed by atoms with E-state index in [2.05, 4.69) is 17.6 Å². The predicted molar refractivity (Wildman–Crippen MR) is 70.9 cm³/mol. The van der Waals surface area contributed by atoms with Gasteiger partial charge in [-0.2, -0.15) is 0 Å². The first kappa shape index (κ1) is 14.6. The third kappa shape index (κ3) is 5.77. The maximum Gasteiger partial charge on any atom is 0.219 e. The molecule has 0 aliphatic carbocycles. The maximum atomic E-state index is 12.7. The lowest BCUT2D eigenvalue weighted by Gasteiger charge is -2.13. The van der Waals surface area contributed by atoms with E-state index in [0.29, 0.717) is 12.5 Å². The van der Waals surface area contributed by atoms with E-state index in [-0.39, 0.29) is 11.7 Å². The molecule has 0 spiro atoms. The number of amides is 1. The van der Waals surface area contributed by atoms with Crippen LogP contribution in [0.4, 0.5) is 4.39 Å². The molecule has 0 aromatic heterocycles. The first-order valence-corrected chi connectivity index (χ1v) is 6.30. The molecule has 1 atom stereocenters. The molecule has 0 unspecified atom stereocenters. The van der Waals surface area contributed by atoms with E-state index in [1.54, 1.807) is 19.2 Å². The summed E-state index contributed by atoms with van der Waals surface area (Å²) in [5.74, 6) is -0.132. The van der Waals surface area contributed by atoms with E-state index in [0.717, 1.165) is 24.9 Å². The zero-order valence-corrected chi connectivity index (χ0v) is 11.0. The number of carbonyl (C=O) groups is 1. The number of nitrogens with one attached hydrogen (secondary N) is 2. The Morgan fingerprint density at radius 3 is 2.61 bits per heavy atom. The maximum absolute atomic E-state index is 12.7. The van der Waals surface area contributed by atoms with Gasteiger partial charge in [-0.1, -0.05) is 12.1 Å². The molecule has 4 heteroatoms. The van der Waals surface area contributed by atoms with Gasteiger partial charge in [0.15, 0.2) is 0 Å². The molecular weight excluding hydrogens is 231 g/mol. The van der Waals surface area contributed by atoms with Gasteiger partial charge in [-0.3, -0.25) is 4.79 Å². The molecule has 0 fully saturated rings. The number of halogens is 1. The van der Waals surface area contributed by atoms with Crippen molar-refractivity contribution < 1.29 is 9.18 Å². The Labute approximate surface area is 108 Å². The van der Waals surface area contributed by atoms with Gasteiger partial charge in [0.2, 0.25) is 5.91 Å². The largest absolute Gasteiger partial charge is 0.359 e. The SMILES string of the molecule is CNC(=O)CCCN[C@@H](C)Cc1ccc(F)cc1. The number of hydrogen-bond acceptors (Lipinski definition) is 2. The lowest BCUT2D eigenvalue weighted by atomic mass is 10.1. The Kier molecular flexibility index (Phi) is 6.36. The van der Waals surface area contributed by atoms with Crippen molar-refractivity contribution in [3.8, 4) is 0 Å². The fourth-order valence-corrected chi connectivity index (χ4v) is 1.77. The van der Waals surface area contributed by atoms with Crippen LogP contribution >= 0.6 is 0 Å². The highest BCUT2D eigenvalue weighted by atomic mass is 19.1. The molecule has 0 bridgehead atoms. The Balaban J connectivity index is 2.19. The van der Waals surface area contributed by atoms with Gasteiger partial charge >= 0.3 is 0 Å². The Bertz CT molecular complexity index is 365. The molecule has 100 valence electrons. The van der Waals surface area contributed by atoms with Crippen molar-refractivity contribution in [3.63, 3.8) is 0 Å². The molecule has 1 amide bonds. The van der Waals surface area contributed by atoms with Crippen LogP contribution in [0.5, 0.6) is 0 Å². The Hall–Kier alpha value is -1.42. The molecule has 1 aromatic rings. The molecule has 2 N–H and O–H groups in total. The summed E-state index contributed by atoms with van der Waals surface area (Å²) in [6.07, 6.45) is 2.24. The molecule has 0 radical (unpaired) electrons. The standard InChI is InChI=1S/C14H21FN2O/c1-11(17-9-3-4-14(18)16-2)10-12-5-7-13(15)8-6-12/h5-8,11,17H,3-4,9-10H2,1-2H3,(H,16,18)/t11-/m0/s1. The zero-order valence-electron chi connectivity index (χ0n) is 11.0. The van der Waals surface area contributed by atoms with Gasteiger partial charge < -0.3 is 10.6 Å². The second-order valence-electron chi connectivity index (χ2n) is 4.46. The van der Waals surface area contributed by atoms with Crippen LogP contribution in [-0.4, -0.2) is 25.5 Å². The van der Waals surface area contributed by atoms with Gasteiger partial charge in [0.1, 0.15) is 5.82 Å². The highest BCUT2D eigenvalue weighted by Gasteiger charge is 2.04. The van der Waals surface area contributed by atoms with Crippen molar-refractivity contribution in [1.29, 1.82) is 0 Å². The third-order valence-corrected chi connectivity index (χ3v) is 2.81. The van der Waals surface area contributed by atoms with Crippen molar-refractivity contribution in [2.45, 2.75) is 32.2 Å². The van der Waals surface area contributed by atoms with Gasteiger partial charge in [0, 0.05) is 19.5 Å². The van der Waals surface area contributed by atoms with Gasteiger partial charge in [0.05, 0.1) is 0 Å². The molecule has 0 saturated heterocycles. The zero-order chi connectivity index (χ0) is 13.4. The lowest BCUT2D eigenvalue weighted by Crippen LogP contribution is -2.30. The van der Waals surface area contributed by atoms with Crippen LogP contribution < -0.4 is 10.6 Å². The van der Waals surface area contributed by atoms with Crippen LogP contribution in [0, 0.1) is 5.82 Å². The highest BCUT2D eigenvalue weighted by Crippen LogP contribution is 2.05. The van der Waals surface area contributed by atoms with Crippen LogP contribution in [0.3, 0.4) is 0 Å². The van der Waals surface area contributed by atoms with Gasteiger partial charge in [-0.05, 0) is 44.0 Å². The molecular formula is C14H21FN2O. The summed E-state index contributed by atoms with van der Waals surface area (Å²) >= 11 is 0. The van der Waals surface area contributed by atoms with Crippen molar-refractivity contribution in [2.24, 2.45) is 0 Å². The van der Waals surface area contributed by atoms with E-state index in [4.69, 9.17) is 0 Å². The normalized spacial score (nSPS) is 12.2. The molecule has 1 rings (SSSR count). The Morgan fingerprint density at radius 1 is 1.33 bits per heavy atom. The summed E-state index contributed by atoms with van der Waals surface area (Å²) in [6.45, 7) is 2.90. The molecule has 0 saturated carbocycles. The predicted octanol–water partition coefficient (Wildman–Crippen LogP) is 1.87. The van der Waals surface area contributed by atoms with E-state index >= 15 is 0 Å². The van der Waals surface area contributed by atoms with E-state index in [9.17, 15) is 9.18 Å². The quantitative estimate of drug-likeness (QED) is 0.727. The van der Waals surface area contributed by atoms with Crippen LogP contribution in [0.15, 0.2) is 24.3 Å². The molecule has 0 heterocycles. The molecule has 0 aliphatic rings. The average Bonchev–Trinajstić information content (AvgIpc) is 2.37. The fourth-order valence-electron chi connectivity index (χ4n) is 1.77. The summed E-state index contributed by atoms with van der Waals surface area (Å²) in [5, 5.41) is 5.95. The minimum absolute atomic E-state index is 0.0722. The van der Waals surface area contributed by atoms with Crippen molar-refractivity contribution in [2.75, 3.05) is 13.6 Å². The van der Waals surface area contributed by atoms with E-state index in [1.807, 2.05) is 0 Å². The van der Waals surface area contributed by atoms with Crippen LogP contribution in [0.2, 0.25) is 0 Å². The summed E-state index contributed by atoms with van der Waals surface area (Å²) in [7, 11) is 1.65. The monoisotopic (exact) mass is 252 g/mol. The van der Waals surface area contributed by atoms with E-state index < -0.39 is 0 Å². The molecule has 1 aromatic carbocycles. The fraction of sp³-hybridized carbons (Fsp3) is 0.500. The van der Waals surface area contributed by atoms with Crippen LogP contribution in [-0.2, 0) is 11.2 Å². The smallest absolute Gasteiger partial charge is 0.219 e. The minimum atomic E-state index is -0.204. The lowest BCUT2D eigenvalue weighted by molar-refractivity contribution is -0.120. The summed E-state index contributed by atoms with van der Waals surface area (Å²) in [6, 6.07) is 6.89. The van der Waals surface area contributed by atoms with Gasteiger partial charge in [0.25, 0.3) is 0 Å². The van der Waals surface area contributed by atoms with E-state index in [1.165, 1.54) is 12.1 Å². The molecule has 3 nitrogen and oxygen atoms in total. The first-order valence-electron chi connectivity index (χ1n) is 6.30. The average molecular weight is 252 g/mol. The van der Waals surface area contributed by atoms with Crippen LogP contribution in [0.25, 0.3) is 0 Å². The van der Waals surface area contributed by atoms with Crippen LogP contribution in [0.1, 0.15) is 25.3 Å². The number of carbonyl (C=O) groups excluding carboxylic acids is 1. The summed E-state index contributed by atoms with van der Waals surface area (Å²) in [5.41, 5.74) is 1.11. The number of rotatable bonds is 7. The Morgan fingerprint density at radius 2 is 2.00 bits per heavy atom. The second-order valence-corrected chi connectivity index (χ2v) is 4.46. The summed E-state index contributed by atoms with van der Waals surface area (Å²) < 4.78 is 12.7.